The van der Waals surface area contributed by atoms with Crippen LogP contribution in [0.2, 0.25) is 0 Å². The minimum absolute atomic E-state index is 0.0749. The van der Waals surface area contributed by atoms with E-state index in [9.17, 15) is 13.2 Å². The highest BCUT2D eigenvalue weighted by atomic mass is 127. The maximum Gasteiger partial charge on any atom is 0.161 e. The molecule has 0 radical (unpaired) electrons. The Morgan fingerprint density at radius 2 is 1.88 bits per heavy atom. The second-order valence-corrected chi connectivity index (χ2v) is 6.17. The summed E-state index contributed by atoms with van der Waals surface area (Å²) in [5.74, 6) is -3.10. The average molecular weight is 370 g/mol. The smallest absolute Gasteiger partial charge is 0.161 e. The van der Waals surface area contributed by atoms with Gasteiger partial charge in [0.2, 0.25) is 0 Å². The second kappa shape index (κ2) is 5.21. The summed E-state index contributed by atoms with van der Waals surface area (Å²) in [5.41, 5.74) is -0.0749. The van der Waals surface area contributed by atoms with Gasteiger partial charge in [-0.3, -0.25) is 0 Å². The molecule has 0 bridgehead atoms. The van der Waals surface area contributed by atoms with Crippen LogP contribution in [0.25, 0.3) is 0 Å². The first-order chi connectivity index (χ1) is 8.06. The Balaban J connectivity index is 2.11. The van der Waals surface area contributed by atoms with Crippen molar-refractivity contribution in [2.24, 2.45) is 0 Å². The lowest BCUT2D eigenvalue weighted by atomic mass is 10.3. The molecule has 0 saturated heterocycles. The van der Waals surface area contributed by atoms with Crippen molar-refractivity contribution in [1.29, 1.82) is 0 Å². The van der Waals surface area contributed by atoms with Crippen molar-refractivity contribution in [2.45, 2.75) is 6.54 Å². The summed E-state index contributed by atoms with van der Waals surface area (Å²) >= 11 is 3.56. The van der Waals surface area contributed by atoms with Crippen molar-refractivity contribution in [3.63, 3.8) is 0 Å². The van der Waals surface area contributed by atoms with Crippen molar-refractivity contribution < 1.29 is 13.2 Å². The summed E-state index contributed by atoms with van der Waals surface area (Å²) < 4.78 is 39.8. The van der Waals surface area contributed by atoms with Crippen molar-refractivity contribution in [3.05, 3.63) is 43.7 Å². The number of benzene rings is 1. The molecule has 0 aliphatic heterocycles. The maximum absolute atomic E-state index is 13.3. The molecule has 1 aromatic heterocycles. The Morgan fingerprint density at radius 3 is 2.53 bits per heavy atom. The summed E-state index contributed by atoms with van der Waals surface area (Å²) in [5, 5.41) is 3.42. The minimum Gasteiger partial charge on any atom is -0.376 e. The number of thiazole rings is 1. The molecule has 7 heteroatoms. The van der Waals surface area contributed by atoms with E-state index in [2.05, 4.69) is 32.9 Å². The summed E-state index contributed by atoms with van der Waals surface area (Å²) in [6.45, 7) is 0.273. The van der Waals surface area contributed by atoms with Crippen LogP contribution in [0.1, 0.15) is 5.01 Å². The highest BCUT2D eigenvalue weighted by molar-refractivity contribution is 14.1. The van der Waals surface area contributed by atoms with Gasteiger partial charge in [-0.15, -0.1) is 11.3 Å². The van der Waals surface area contributed by atoms with Gasteiger partial charge in [0.15, 0.2) is 11.6 Å². The van der Waals surface area contributed by atoms with Crippen LogP contribution < -0.4 is 5.32 Å². The average Bonchev–Trinajstić information content (AvgIpc) is 2.68. The number of anilines is 1. The van der Waals surface area contributed by atoms with Gasteiger partial charge in [-0.1, -0.05) is 0 Å². The van der Waals surface area contributed by atoms with E-state index in [0.717, 1.165) is 14.0 Å². The molecule has 1 aromatic carbocycles. The molecule has 1 heterocycles. The molecular weight excluding hydrogens is 364 g/mol. The zero-order valence-corrected chi connectivity index (χ0v) is 11.3. The SMILES string of the molecule is Fc1cc(F)c(NCc2ncc(I)s2)cc1F. The fraction of sp³-hybridized carbons (Fsp3) is 0.100. The molecule has 17 heavy (non-hydrogen) atoms. The first-order valence-electron chi connectivity index (χ1n) is 4.55. The number of nitrogens with one attached hydrogen (secondary N) is 1. The van der Waals surface area contributed by atoms with E-state index in [1.165, 1.54) is 11.3 Å². The first-order valence-corrected chi connectivity index (χ1v) is 6.44. The number of nitrogens with zero attached hydrogens (tertiary/aromatic N) is 1. The van der Waals surface area contributed by atoms with Crippen LogP contribution in [-0.2, 0) is 6.54 Å². The van der Waals surface area contributed by atoms with Crippen molar-refractivity contribution in [2.75, 3.05) is 5.32 Å². The molecular formula is C10H6F3IN2S. The van der Waals surface area contributed by atoms with Crippen molar-refractivity contribution in [3.8, 4) is 0 Å². The van der Waals surface area contributed by atoms with E-state index in [1.54, 1.807) is 6.20 Å². The standard InChI is InChI=1S/C10H6F3IN2S/c11-5-1-7(13)8(2-6(5)12)15-4-10-16-3-9(14)17-10/h1-3,15H,4H2. The number of halogens is 4. The van der Waals surface area contributed by atoms with Gasteiger partial charge in [-0.05, 0) is 22.6 Å². The predicted octanol–water partition coefficient (Wildman–Crippen LogP) is 3.78. The summed E-state index contributed by atoms with van der Waals surface area (Å²) in [6, 6.07) is 1.31. The van der Waals surface area contributed by atoms with Crippen molar-refractivity contribution in [1.82, 2.24) is 4.98 Å². The lowest BCUT2D eigenvalue weighted by Gasteiger charge is -2.06. The van der Waals surface area contributed by atoms with Crippen LogP contribution in [0, 0.1) is 20.3 Å². The summed E-state index contributed by atoms with van der Waals surface area (Å²) in [7, 11) is 0. The second-order valence-electron chi connectivity index (χ2n) is 3.16. The number of rotatable bonds is 3. The topological polar surface area (TPSA) is 24.9 Å². The molecule has 2 rings (SSSR count). The van der Waals surface area contributed by atoms with Crippen LogP contribution >= 0.6 is 33.9 Å². The molecule has 0 amide bonds. The van der Waals surface area contributed by atoms with Gasteiger partial charge >= 0.3 is 0 Å². The molecule has 0 atom stereocenters. The molecule has 0 spiro atoms. The number of hydrogen-bond acceptors (Lipinski definition) is 3. The molecule has 2 nitrogen and oxygen atoms in total. The first kappa shape index (κ1) is 12.6. The molecule has 0 fully saturated rings. The quantitative estimate of drug-likeness (QED) is 0.657. The van der Waals surface area contributed by atoms with Crippen LogP contribution in [0.3, 0.4) is 0 Å². The number of aromatic nitrogens is 1. The zero-order chi connectivity index (χ0) is 12.4. The maximum atomic E-state index is 13.3. The van der Waals surface area contributed by atoms with Crippen LogP contribution in [0.4, 0.5) is 18.9 Å². The van der Waals surface area contributed by atoms with E-state index in [1.807, 2.05) is 0 Å². The van der Waals surface area contributed by atoms with Gasteiger partial charge in [-0.25, -0.2) is 18.2 Å². The summed E-state index contributed by atoms with van der Waals surface area (Å²) in [6.07, 6.45) is 1.68. The van der Waals surface area contributed by atoms with Gasteiger partial charge in [0, 0.05) is 12.1 Å². The van der Waals surface area contributed by atoms with E-state index in [-0.39, 0.29) is 12.2 Å². The number of hydrogen-bond donors (Lipinski definition) is 1. The lowest BCUT2D eigenvalue weighted by Crippen LogP contribution is -2.02. The Hall–Kier alpha value is -0.830. The molecule has 0 aliphatic carbocycles. The van der Waals surface area contributed by atoms with E-state index in [4.69, 9.17) is 0 Å². The third-order valence-electron chi connectivity index (χ3n) is 1.97. The Labute approximate surface area is 113 Å². The molecule has 1 N–H and O–H groups in total. The Bertz CT molecular complexity index is 544. The molecule has 0 unspecified atom stereocenters. The van der Waals surface area contributed by atoms with Gasteiger partial charge in [-0.2, -0.15) is 0 Å². The fourth-order valence-corrected chi connectivity index (χ4v) is 2.68. The highest BCUT2D eigenvalue weighted by Crippen LogP contribution is 2.20. The zero-order valence-electron chi connectivity index (χ0n) is 8.31. The van der Waals surface area contributed by atoms with Crippen LogP contribution in [0.15, 0.2) is 18.3 Å². The highest BCUT2D eigenvalue weighted by Gasteiger charge is 2.10. The lowest BCUT2D eigenvalue weighted by molar-refractivity contribution is 0.496. The fourth-order valence-electron chi connectivity index (χ4n) is 1.20. The molecule has 90 valence electrons. The van der Waals surface area contributed by atoms with E-state index < -0.39 is 17.5 Å². The van der Waals surface area contributed by atoms with E-state index in [0.29, 0.717) is 6.07 Å². The van der Waals surface area contributed by atoms with Gasteiger partial charge in [0.25, 0.3) is 0 Å². The summed E-state index contributed by atoms with van der Waals surface area (Å²) in [4.78, 5) is 4.06. The van der Waals surface area contributed by atoms with Gasteiger partial charge in [0.1, 0.15) is 10.8 Å². The Morgan fingerprint density at radius 1 is 1.18 bits per heavy atom. The normalized spacial score (nSPS) is 10.6. The molecule has 2 aromatic rings. The predicted molar refractivity (Wildman–Crippen MR) is 68.5 cm³/mol. The third kappa shape index (κ3) is 3.09. The molecule has 0 aliphatic rings. The largest absolute Gasteiger partial charge is 0.376 e. The third-order valence-corrected chi connectivity index (χ3v) is 3.69. The van der Waals surface area contributed by atoms with Crippen LogP contribution in [-0.4, -0.2) is 4.98 Å². The van der Waals surface area contributed by atoms with Gasteiger partial charge < -0.3 is 5.32 Å². The monoisotopic (exact) mass is 370 g/mol. The van der Waals surface area contributed by atoms with Crippen LogP contribution in [0.5, 0.6) is 0 Å². The van der Waals surface area contributed by atoms with Crippen molar-refractivity contribution >= 4 is 39.6 Å². The Kier molecular flexibility index (Phi) is 3.87. The van der Waals surface area contributed by atoms with E-state index >= 15 is 0 Å². The minimum atomic E-state index is -1.20. The molecule has 0 saturated carbocycles. The van der Waals surface area contributed by atoms with Gasteiger partial charge in [0.05, 0.1) is 21.3 Å².